The van der Waals surface area contributed by atoms with Crippen LogP contribution in [0.3, 0.4) is 0 Å². The zero-order valence-corrected chi connectivity index (χ0v) is 20.0. The number of nitrogens with zero attached hydrogens (tertiary/aromatic N) is 3. The zero-order chi connectivity index (χ0) is 22.8. The third kappa shape index (κ3) is 4.78. The molecule has 5 heteroatoms. The topological polar surface area (TPSA) is 50.2 Å². The van der Waals surface area contributed by atoms with Crippen molar-refractivity contribution in [3.8, 4) is 0 Å². The second-order valence-corrected chi connectivity index (χ2v) is 10.1. The van der Waals surface area contributed by atoms with Gasteiger partial charge < -0.3 is 14.8 Å². The second kappa shape index (κ2) is 9.58. The van der Waals surface area contributed by atoms with Crippen LogP contribution in [0.25, 0.3) is 11.0 Å². The first kappa shape index (κ1) is 22.0. The van der Waals surface area contributed by atoms with Gasteiger partial charge in [0.25, 0.3) is 0 Å². The number of amides is 1. The van der Waals surface area contributed by atoms with Gasteiger partial charge in [-0.3, -0.25) is 4.79 Å². The van der Waals surface area contributed by atoms with Gasteiger partial charge in [-0.25, -0.2) is 4.98 Å². The predicted octanol–water partition coefficient (Wildman–Crippen LogP) is 5.30. The first-order valence-corrected chi connectivity index (χ1v) is 12.6. The number of imidazole rings is 1. The number of hydrogen-bond acceptors (Lipinski definition) is 3. The summed E-state index contributed by atoms with van der Waals surface area (Å²) in [6, 6.07) is 17.5. The molecular weight excluding hydrogens is 408 g/mol. The first-order chi connectivity index (χ1) is 16.1. The van der Waals surface area contributed by atoms with E-state index in [1.807, 2.05) is 0 Å². The molecule has 3 aromatic rings. The van der Waals surface area contributed by atoms with Gasteiger partial charge in [0.1, 0.15) is 0 Å². The molecule has 1 N–H and O–H groups in total. The van der Waals surface area contributed by atoms with Gasteiger partial charge in [-0.1, -0.05) is 61.7 Å². The molecule has 5 rings (SSSR count). The summed E-state index contributed by atoms with van der Waals surface area (Å²) >= 11 is 0. The number of piperidine rings is 1. The molecule has 0 unspecified atom stereocenters. The Morgan fingerprint density at radius 1 is 1.03 bits per heavy atom. The molecule has 2 atom stereocenters. The van der Waals surface area contributed by atoms with Gasteiger partial charge in [0, 0.05) is 25.0 Å². The zero-order valence-electron chi connectivity index (χ0n) is 20.0. The molecule has 1 amide bonds. The Morgan fingerprint density at radius 2 is 1.82 bits per heavy atom. The highest BCUT2D eigenvalue weighted by atomic mass is 16.2. The smallest absolute Gasteiger partial charge is 0.223 e. The van der Waals surface area contributed by atoms with Crippen molar-refractivity contribution in [1.29, 1.82) is 0 Å². The van der Waals surface area contributed by atoms with Crippen molar-refractivity contribution in [2.75, 3.05) is 18.0 Å². The van der Waals surface area contributed by atoms with Gasteiger partial charge in [-0.05, 0) is 56.2 Å². The van der Waals surface area contributed by atoms with E-state index in [0.29, 0.717) is 12.0 Å². The summed E-state index contributed by atoms with van der Waals surface area (Å²) in [5.41, 5.74) is 4.76. The van der Waals surface area contributed by atoms with Gasteiger partial charge in [-0.15, -0.1) is 0 Å². The number of benzene rings is 2. The minimum Gasteiger partial charge on any atom is -0.353 e. The molecule has 174 valence electrons. The van der Waals surface area contributed by atoms with Crippen LogP contribution in [-0.4, -0.2) is 34.6 Å². The fraction of sp³-hybridized carbons (Fsp3) is 0.500. The summed E-state index contributed by atoms with van der Waals surface area (Å²) in [5.74, 6) is 2.01. The van der Waals surface area contributed by atoms with Crippen molar-refractivity contribution in [1.82, 2.24) is 14.9 Å². The van der Waals surface area contributed by atoms with Crippen LogP contribution in [0.5, 0.6) is 0 Å². The maximum absolute atomic E-state index is 13.0. The lowest BCUT2D eigenvalue weighted by atomic mass is 9.85. The van der Waals surface area contributed by atoms with Gasteiger partial charge in [0.05, 0.1) is 17.6 Å². The lowest BCUT2D eigenvalue weighted by molar-refractivity contribution is -0.126. The number of aryl methyl sites for hydroxylation is 1. The normalized spacial score (nSPS) is 21.9. The van der Waals surface area contributed by atoms with E-state index in [0.717, 1.165) is 50.4 Å². The second-order valence-electron chi connectivity index (χ2n) is 10.1. The van der Waals surface area contributed by atoms with Crippen molar-refractivity contribution < 1.29 is 4.79 Å². The van der Waals surface area contributed by atoms with E-state index in [1.54, 1.807) is 0 Å². The van der Waals surface area contributed by atoms with Crippen molar-refractivity contribution >= 4 is 22.9 Å². The average Bonchev–Trinajstić information content (AvgIpc) is 3.19. The van der Waals surface area contributed by atoms with E-state index in [9.17, 15) is 4.79 Å². The Labute approximate surface area is 197 Å². The Bertz CT molecular complexity index is 1110. The van der Waals surface area contributed by atoms with E-state index in [-0.39, 0.29) is 11.8 Å². The molecular formula is C28H36N4O. The SMILES string of the molecule is Cc1cccc(Cn2c(N3CCC(C(=O)N[C@H]4CCCC[C@H]4C)CC3)nc3ccccc32)c1. The number of fused-ring (bicyclic) bond motifs is 1. The molecule has 1 aliphatic carbocycles. The van der Waals surface area contributed by atoms with Crippen LogP contribution >= 0.6 is 0 Å². The Morgan fingerprint density at radius 3 is 2.61 bits per heavy atom. The summed E-state index contributed by atoms with van der Waals surface area (Å²) in [4.78, 5) is 20.4. The Kier molecular flexibility index (Phi) is 6.39. The molecule has 33 heavy (non-hydrogen) atoms. The van der Waals surface area contributed by atoms with Crippen molar-refractivity contribution in [3.63, 3.8) is 0 Å². The summed E-state index contributed by atoms with van der Waals surface area (Å²) in [7, 11) is 0. The maximum Gasteiger partial charge on any atom is 0.223 e. The number of anilines is 1. The number of rotatable bonds is 5. The van der Waals surface area contributed by atoms with E-state index >= 15 is 0 Å². The van der Waals surface area contributed by atoms with E-state index in [2.05, 4.69) is 77.2 Å². The van der Waals surface area contributed by atoms with E-state index < -0.39 is 0 Å². The number of para-hydroxylation sites is 2. The Balaban J connectivity index is 1.30. The van der Waals surface area contributed by atoms with E-state index in [1.165, 1.54) is 35.9 Å². The highest BCUT2D eigenvalue weighted by molar-refractivity contribution is 5.80. The van der Waals surface area contributed by atoms with Crippen LogP contribution in [0.15, 0.2) is 48.5 Å². The Hall–Kier alpha value is -2.82. The average molecular weight is 445 g/mol. The molecule has 1 aliphatic heterocycles. The summed E-state index contributed by atoms with van der Waals surface area (Å²) in [6.07, 6.45) is 6.69. The highest BCUT2D eigenvalue weighted by Crippen LogP contribution is 2.29. The first-order valence-electron chi connectivity index (χ1n) is 12.6. The summed E-state index contributed by atoms with van der Waals surface area (Å²) in [6.45, 7) is 6.97. The lowest BCUT2D eigenvalue weighted by Gasteiger charge is -2.35. The van der Waals surface area contributed by atoms with Crippen LogP contribution in [-0.2, 0) is 11.3 Å². The predicted molar refractivity (Wildman–Crippen MR) is 135 cm³/mol. The molecule has 1 aromatic heterocycles. The van der Waals surface area contributed by atoms with Crippen LogP contribution < -0.4 is 10.2 Å². The minimum atomic E-state index is 0.116. The number of carbonyl (C=O) groups excluding carboxylic acids is 1. The largest absolute Gasteiger partial charge is 0.353 e. The quantitative estimate of drug-likeness (QED) is 0.581. The number of nitrogens with one attached hydrogen (secondary N) is 1. The molecule has 0 bridgehead atoms. The molecule has 1 saturated heterocycles. The van der Waals surface area contributed by atoms with Gasteiger partial charge in [-0.2, -0.15) is 0 Å². The highest BCUT2D eigenvalue weighted by Gasteiger charge is 2.30. The van der Waals surface area contributed by atoms with E-state index in [4.69, 9.17) is 4.98 Å². The number of aromatic nitrogens is 2. The third-order valence-corrected chi connectivity index (χ3v) is 7.65. The number of hydrogen-bond donors (Lipinski definition) is 1. The maximum atomic E-state index is 13.0. The van der Waals surface area contributed by atoms with Crippen LogP contribution in [0.1, 0.15) is 56.6 Å². The van der Waals surface area contributed by atoms with Crippen molar-refractivity contribution in [2.24, 2.45) is 11.8 Å². The summed E-state index contributed by atoms with van der Waals surface area (Å²) in [5, 5.41) is 3.39. The van der Waals surface area contributed by atoms with Gasteiger partial charge in [0.15, 0.2) is 0 Å². The molecule has 1 saturated carbocycles. The third-order valence-electron chi connectivity index (χ3n) is 7.65. The minimum absolute atomic E-state index is 0.116. The number of carbonyl (C=O) groups is 1. The van der Waals surface area contributed by atoms with Crippen molar-refractivity contribution in [3.05, 3.63) is 59.7 Å². The molecule has 5 nitrogen and oxygen atoms in total. The van der Waals surface area contributed by atoms with Crippen LogP contribution in [0.2, 0.25) is 0 Å². The van der Waals surface area contributed by atoms with Gasteiger partial charge >= 0.3 is 0 Å². The monoisotopic (exact) mass is 444 g/mol. The fourth-order valence-corrected chi connectivity index (χ4v) is 5.63. The molecule has 2 heterocycles. The molecule has 2 aliphatic rings. The lowest BCUT2D eigenvalue weighted by Crippen LogP contribution is -2.47. The fourth-order valence-electron chi connectivity index (χ4n) is 5.63. The summed E-state index contributed by atoms with van der Waals surface area (Å²) < 4.78 is 2.34. The van der Waals surface area contributed by atoms with Crippen molar-refractivity contribution in [2.45, 2.75) is 65.0 Å². The van der Waals surface area contributed by atoms with Crippen LogP contribution in [0.4, 0.5) is 5.95 Å². The van der Waals surface area contributed by atoms with Crippen LogP contribution in [0, 0.1) is 18.8 Å². The molecule has 0 radical (unpaired) electrons. The van der Waals surface area contributed by atoms with Gasteiger partial charge in [0.2, 0.25) is 11.9 Å². The molecule has 0 spiro atoms. The molecule has 2 fully saturated rings. The standard InChI is InChI=1S/C28H36N4O/c1-20-8-7-10-22(18-20)19-32-26-13-6-5-12-25(26)30-28(32)31-16-14-23(15-17-31)27(33)29-24-11-4-3-9-21(24)2/h5-8,10,12-13,18,21,23-24H,3-4,9,11,14-17,19H2,1-2H3,(H,29,33)/t21-,24+/m1/s1. The molecule has 2 aromatic carbocycles.